The van der Waals surface area contributed by atoms with Crippen molar-refractivity contribution in [2.75, 3.05) is 13.1 Å². The number of rotatable bonds is 7. The van der Waals surface area contributed by atoms with Crippen LogP contribution in [0.4, 0.5) is 4.39 Å². The van der Waals surface area contributed by atoms with E-state index in [2.05, 4.69) is 30.4 Å². The van der Waals surface area contributed by atoms with Crippen LogP contribution in [0.2, 0.25) is 5.02 Å². The Bertz CT molecular complexity index is 1130. The molecule has 184 valence electrons. The molecule has 1 aliphatic heterocycles. The number of halogens is 2. The van der Waals surface area contributed by atoms with Crippen LogP contribution >= 0.6 is 11.6 Å². The zero-order chi connectivity index (χ0) is 24.3. The number of aryl methyl sites for hydroxylation is 2. The predicted molar refractivity (Wildman–Crippen MR) is 133 cm³/mol. The highest BCUT2D eigenvalue weighted by atomic mass is 35.5. The molecule has 2 aliphatic rings. The maximum absolute atomic E-state index is 14.1. The second-order valence-electron chi connectivity index (χ2n) is 9.33. The number of piperidine rings is 1. The van der Waals surface area contributed by atoms with Crippen molar-refractivity contribution in [1.29, 1.82) is 0 Å². The molecular formula is C26H32ClFN2O3S. The summed E-state index contributed by atoms with van der Waals surface area (Å²) in [4.78, 5) is 13.0. The van der Waals surface area contributed by atoms with Gasteiger partial charge >= 0.3 is 0 Å². The lowest BCUT2D eigenvalue weighted by molar-refractivity contribution is -0.126. The van der Waals surface area contributed by atoms with Gasteiger partial charge in [0.1, 0.15) is 5.82 Å². The van der Waals surface area contributed by atoms with Gasteiger partial charge in [-0.15, -0.1) is 0 Å². The molecule has 4 rings (SSSR count). The molecule has 1 saturated heterocycles. The molecule has 1 N–H and O–H groups in total. The molecule has 0 bridgehead atoms. The molecule has 0 spiro atoms. The van der Waals surface area contributed by atoms with Crippen LogP contribution in [0.25, 0.3) is 0 Å². The number of carbonyl (C=O) groups excluding carboxylic acids is 1. The first-order valence-electron chi connectivity index (χ1n) is 12.1. The van der Waals surface area contributed by atoms with Gasteiger partial charge in [-0.3, -0.25) is 4.79 Å². The van der Waals surface area contributed by atoms with Crippen LogP contribution in [0.15, 0.2) is 36.4 Å². The number of hydrogen-bond acceptors (Lipinski definition) is 3. The minimum Gasteiger partial charge on any atom is -0.349 e. The van der Waals surface area contributed by atoms with E-state index in [1.54, 1.807) is 0 Å². The number of hydrogen-bond donors (Lipinski definition) is 1. The lowest BCUT2D eigenvalue weighted by Gasteiger charge is -2.31. The number of sulfonamides is 1. The van der Waals surface area contributed by atoms with Gasteiger partial charge in [0.25, 0.3) is 0 Å². The van der Waals surface area contributed by atoms with Crippen molar-refractivity contribution < 1.29 is 17.6 Å². The molecule has 34 heavy (non-hydrogen) atoms. The van der Waals surface area contributed by atoms with Gasteiger partial charge in [0.2, 0.25) is 15.9 Å². The average molecular weight is 507 g/mol. The Morgan fingerprint density at radius 1 is 1.15 bits per heavy atom. The Kier molecular flexibility index (Phi) is 7.95. The lowest BCUT2D eigenvalue weighted by atomic mass is 9.88. The molecule has 8 heteroatoms. The van der Waals surface area contributed by atoms with Crippen molar-refractivity contribution in [3.05, 3.63) is 69.5 Å². The van der Waals surface area contributed by atoms with Crippen molar-refractivity contribution in [2.24, 2.45) is 5.92 Å². The summed E-state index contributed by atoms with van der Waals surface area (Å²) in [5, 5.41) is 3.30. The Hall–Kier alpha value is -1.96. The molecule has 1 amide bonds. The zero-order valence-electron chi connectivity index (χ0n) is 19.5. The fraction of sp³-hybridized carbons (Fsp3) is 0.500. The zero-order valence-corrected chi connectivity index (χ0v) is 21.1. The second kappa shape index (κ2) is 10.8. The van der Waals surface area contributed by atoms with Crippen LogP contribution in [0.5, 0.6) is 0 Å². The average Bonchev–Trinajstić information content (AvgIpc) is 2.84. The number of fused-ring (bicyclic) bond motifs is 1. The molecule has 1 fully saturated rings. The van der Waals surface area contributed by atoms with Gasteiger partial charge in [-0.2, -0.15) is 0 Å². The highest BCUT2D eigenvalue weighted by Gasteiger charge is 2.33. The smallest absolute Gasteiger partial charge is 0.223 e. The van der Waals surface area contributed by atoms with Crippen molar-refractivity contribution >= 4 is 27.5 Å². The third-order valence-electron chi connectivity index (χ3n) is 7.11. The lowest BCUT2D eigenvalue weighted by Crippen LogP contribution is -2.44. The number of amides is 1. The fourth-order valence-electron chi connectivity index (χ4n) is 5.02. The molecule has 1 atom stereocenters. The Balaban J connectivity index is 1.35. The van der Waals surface area contributed by atoms with E-state index in [9.17, 15) is 17.6 Å². The molecule has 5 nitrogen and oxygen atoms in total. The molecule has 0 aromatic heterocycles. The summed E-state index contributed by atoms with van der Waals surface area (Å²) in [5.74, 6) is -1.38. The monoisotopic (exact) mass is 506 g/mol. The van der Waals surface area contributed by atoms with Crippen molar-refractivity contribution in [1.82, 2.24) is 9.62 Å². The van der Waals surface area contributed by atoms with E-state index in [1.807, 2.05) is 0 Å². The van der Waals surface area contributed by atoms with Crippen LogP contribution in [-0.4, -0.2) is 31.7 Å². The third-order valence-corrected chi connectivity index (χ3v) is 9.27. The molecule has 0 radical (unpaired) electrons. The summed E-state index contributed by atoms with van der Waals surface area (Å²) in [6.07, 6.45) is 6.35. The van der Waals surface area contributed by atoms with Crippen molar-refractivity contribution in [3.63, 3.8) is 0 Å². The van der Waals surface area contributed by atoms with Crippen LogP contribution in [-0.2, 0) is 33.4 Å². The highest BCUT2D eigenvalue weighted by molar-refractivity contribution is 7.88. The Morgan fingerprint density at radius 2 is 1.85 bits per heavy atom. The molecule has 1 heterocycles. The minimum atomic E-state index is -3.73. The molecule has 1 aliphatic carbocycles. The molecule has 2 aromatic rings. The summed E-state index contributed by atoms with van der Waals surface area (Å²) >= 11 is 6.02. The van der Waals surface area contributed by atoms with Crippen LogP contribution in [0.1, 0.15) is 67.3 Å². The number of carbonyl (C=O) groups is 1. The fourth-order valence-corrected chi connectivity index (χ4v) is 6.94. The van der Waals surface area contributed by atoms with Crippen molar-refractivity contribution in [2.45, 2.75) is 63.7 Å². The van der Waals surface area contributed by atoms with E-state index >= 15 is 0 Å². The second-order valence-corrected chi connectivity index (χ2v) is 11.7. The van der Waals surface area contributed by atoms with Crippen LogP contribution in [0.3, 0.4) is 0 Å². The summed E-state index contributed by atoms with van der Waals surface area (Å²) in [6.45, 7) is 2.54. The summed E-state index contributed by atoms with van der Waals surface area (Å²) < 4.78 is 41.2. The summed E-state index contributed by atoms with van der Waals surface area (Å²) in [5.41, 5.74) is 3.93. The van der Waals surface area contributed by atoms with Crippen LogP contribution in [0, 0.1) is 11.7 Å². The summed E-state index contributed by atoms with van der Waals surface area (Å²) in [7, 11) is -3.73. The van der Waals surface area contributed by atoms with E-state index in [0.29, 0.717) is 12.8 Å². The van der Waals surface area contributed by atoms with Gasteiger partial charge in [0.05, 0.1) is 11.8 Å². The third kappa shape index (κ3) is 5.64. The maximum atomic E-state index is 14.1. The van der Waals surface area contributed by atoms with E-state index in [4.69, 9.17) is 11.6 Å². The van der Waals surface area contributed by atoms with E-state index in [1.165, 1.54) is 46.5 Å². The predicted octanol–water partition coefficient (Wildman–Crippen LogP) is 5.17. The normalized spacial score (nSPS) is 18.3. The van der Waals surface area contributed by atoms with Gasteiger partial charge in [-0.25, -0.2) is 17.1 Å². The Labute approximate surface area is 206 Å². The molecular weight excluding hydrogens is 475 g/mol. The van der Waals surface area contributed by atoms with E-state index < -0.39 is 21.6 Å². The van der Waals surface area contributed by atoms with E-state index in [-0.39, 0.29) is 41.5 Å². The molecule has 0 saturated carbocycles. The van der Waals surface area contributed by atoms with Gasteiger partial charge in [0, 0.05) is 29.6 Å². The minimum absolute atomic E-state index is 0.0140. The standard InChI is InChI=1S/C26H32ClFN2O3S/c1-2-25(21-11-10-18-6-3-4-7-20(18)16-21)29-26(31)19-12-14-30(15-13-19)34(32,33)17-22-23(27)8-5-9-24(22)28/h5,8-11,16,19,25H,2-4,6-7,12-15,17H2,1H3,(H,29,31). The van der Waals surface area contributed by atoms with Gasteiger partial charge in [-0.05, 0) is 73.8 Å². The first-order valence-corrected chi connectivity index (χ1v) is 14.1. The first kappa shape index (κ1) is 25.1. The van der Waals surface area contributed by atoms with Gasteiger partial charge in [-0.1, -0.05) is 42.8 Å². The molecule has 1 unspecified atom stereocenters. The number of nitrogens with one attached hydrogen (secondary N) is 1. The number of benzene rings is 2. The largest absolute Gasteiger partial charge is 0.349 e. The Morgan fingerprint density at radius 3 is 2.53 bits per heavy atom. The quantitative estimate of drug-likeness (QED) is 0.563. The van der Waals surface area contributed by atoms with Crippen LogP contribution < -0.4 is 5.32 Å². The van der Waals surface area contributed by atoms with Gasteiger partial charge < -0.3 is 5.32 Å². The maximum Gasteiger partial charge on any atom is 0.223 e. The SMILES string of the molecule is CCC(NC(=O)C1CCN(S(=O)(=O)Cc2c(F)cccc2Cl)CC1)c1ccc2c(c1)CCCC2. The topological polar surface area (TPSA) is 66.5 Å². The first-order chi connectivity index (χ1) is 16.3. The highest BCUT2D eigenvalue weighted by Crippen LogP contribution is 2.28. The summed E-state index contributed by atoms with van der Waals surface area (Å²) in [6, 6.07) is 10.7. The number of nitrogens with zero attached hydrogens (tertiary/aromatic N) is 1. The van der Waals surface area contributed by atoms with Crippen molar-refractivity contribution in [3.8, 4) is 0 Å². The van der Waals surface area contributed by atoms with Gasteiger partial charge in [0.15, 0.2) is 0 Å². The molecule has 2 aromatic carbocycles. The van der Waals surface area contributed by atoms with E-state index in [0.717, 1.165) is 24.8 Å².